The van der Waals surface area contributed by atoms with Crippen molar-refractivity contribution in [2.45, 2.75) is 0 Å². The molecule has 1 aliphatic heterocycles. The quantitative estimate of drug-likeness (QED) is 0.717. The number of nitrogens with one attached hydrogen (secondary N) is 1. The van der Waals surface area contributed by atoms with E-state index in [9.17, 15) is 4.79 Å². The standard InChI is InChI=1S/C9H9N5O2/c1-12-9(15)14-7(10-12)3-2-4-8(14)13-5-6-16-11-13/h2-6,11H,1H3. The molecule has 0 aliphatic carbocycles. The van der Waals surface area contributed by atoms with Crippen molar-refractivity contribution in [1.82, 2.24) is 19.8 Å². The van der Waals surface area contributed by atoms with Crippen LogP contribution in [0.4, 0.5) is 5.82 Å². The van der Waals surface area contributed by atoms with Crippen LogP contribution in [-0.2, 0) is 11.9 Å². The first-order valence-corrected chi connectivity index (χ1v) is 4.69. The second-order valence-electron chi connectivity index (χ2n) is 3.35. The summed E-state index contributed by atoms with van der Waals surface area (Å²) in [5.74, 6) is 0.643. The summed E-state index contributed by atoms with van der Waals surface area (Å²) in [6.45, 7) is 0. The molecule has 1 N–H and O–H groups in total. The van der Waals surface area contributed by atoms with Gasteiger partial charge >= 0.3 is 5.69 Å². The lowest BCUT2D eigenvalue weighted by Gasteiger charge is -2.14. The van der Waals surface area contributed by atoms with Gasteiger partial charge in [-0.2, -0.15) is 5.10 Å². The minimum Gasteiger partial charge on any atom is -0.395 e. The summed E-state index contributed by atoms with van der Waals surface area (Å²) in [5, 5.41) is 5.69. The van der Waals surface area contributed by atoms with Crippen LogP contribution in [0.15, 0.2) is 35.5 Å². The van der Waals surface area contributed by atoms with Gasteiger partial charge in [0.1, 0.15) is 12.1 Å². The fourth-order valence-electron chi connectivity index (χ4n) is 1.62. The zero-order valence-corrected chi connectivity index (χ0v) is 8.49. The maximum Gasteiger partial charge on any atom is 0.351 e. The van der Waals surface area contributed by atoms with Gasteiger partial charge in [-0.1, -0.05) is 11.7 Å². The van der Waals surface area contributed by atoms with Gasteiger partial charge in [-0.3, -0.25) is 0 Å². The number of nitrogens with zero attached hydrogens (tertiary/aromatic N) is 4. The maximum atomic E-state index is 11.8. The lowest BCUT2D eigenvalue weighted by molar-refractivity contribution is 0.158. The zero-order chi connectivity index (χ0) is 11.1. The van der Waals surface area contributed by atoms with Crippen LogP contribution in [0.5, 0.6) is 0 Å². The van der Waals surface area contributed by atoms with Crippen molar-refractivity contribution in [2.75, 3.05) is 5.01 Å². The van der Waals surface area contributed by atoms with Gasteiger partial charge in [-0.15, -0.1) is 0 Å². The fourth-order valence-corrected chi connectivity index (χ4v) is 1.62. The Labute approximate surface area is 90.1 Å². The number of pyridine rings is 1. The van der Waals surface area contributed by atoms with Gasteiger partial charge in [0.05, 0.1) is 6.20 Å². The van der Waals surface area contributed by atoms with Crippen LogP contribution < -0.4 is 16.3 Å². The Morgan fingerprint density at radius 3 is 3.06 bits per heavy atom. The monoisotopic (exact) mass is 219 g/mol. The highest BCUT2D eigenvalue weighted by molar-refractivity contribution is 5.51. The van der Waals surface area contributed by atoms with Crippen molar-refractivity contribution in [1.29, 1.82) is 0 Å². The van der Waals surface area contributed by atoms with Gasteiger partial charge in [0.2, 0.25) is 0 Å². The summed E-state index contributed by atoms with van der Waals surface area (Å²) in [7, 11) is 1.61. The first-order chi connectivity index (χ1) is 7.77. The predicted octanol–water partition coefficient (Wildman–Crippen LogP) is -0.240. The molecule has 16 heavy (non-hydrogen) atoms. The molecule has 0 bridgehead atoms. The molecular formula is C9H9N5O2. The molecule has 0 aromatic carbocycles. The van der Waals surface area contributed by atoms with Crippen molar-refractivity contribution in [2.24, 2.45) is 7.05 Å². The number of hydrogen-bond acceptors (Lipinski definition) is 5. The van der Waals surface area contributed by atoms with Crippen LogP contribution in [0, 0.1) is 0 Å². The van der Waals surface area contributed by atoms with E-state index in [4.69, 9.17) is 4.84 Å². The molecule has 0 amide bonds. The largest absolute Gasteiger partial charge is 0.395 e. The summed E-state index contributed by atoms with van der Waals surface area (Å²) in [5.41, 5.74) is 3.02. The summed E-state index contributed by atoms with van der Waals surface area (Å²) >= 11 is 0. The second-order valence-corrected chi connectivity index (χ2v) is 3.35. The number of hydrogen-bond donors (Lipinski definition) is 1. The van der Waals surface area contributed by atoms with Crippen molar-refractivity contribution in [3.05, 3.63) is 41.1 Å². The van der Waals surface area contributed by atoms with E-state index in [1.807, 2.05) is 6.07 Å². The highest BCUT2D eigenvalue weighted by atomic mass is 16.7. The molecule has 0 unspecified atom stereocenters. The highest BCUT2D eigenvalue weighted by Crippen LogP contribution is 2.14. The fraction of sp³-hybridized carbons (Fsp3) is 0.111. The lowest BCUT2D eigenvalue weighted by atomic mass is 10.4. The molecule has 7 heteroatoms. The molecular weight excluding hydrogens is 210 g/mol. The number of anilines is 1. The molecule has 2 aromatic rings. The molecule has 3 heterocycles. The lowest BCUT2D eigenvalue weighted by Crippen LogP contribution is -2.31. The maximum absolute atomic E-state index is 11.8. The van der Waals surface area contributed by atoms with Gasteiger partial charge in [0.15, 0.2) is 5.65 Å². The number of hydrazine groups is 1. The van der Waals surface area contributed by atoms with Crippen LogP contribution in [0.2, 0.25) is 0 Å². The number of rotatable bonds is 1. The predicted molar refractivity (Wildman–Crippen MR) is 56.3 cm³/mol. The Balaban J connectivity index is 2.31. The molecule has 1 aliphatic rings. The average molecular weight is 219 g/mol. The minimum absolute atomic E-state index is 0.201. The molecule has 7 nitrogen and oxygen atoms in total. The van der Waals surface area contributed by atoms with Gasteiger partial charge in [0, 0.05) is 7.05 Å². The third-order valence-electron chi connectivity index (χ3n) is 2.35. The van der Waals surface area contributed by atoms with Gasteiger partial charge in [-0.25, -0.2) is 18.9 Å². The van der Waals surface area contributed by atoms with Crippen molar-refractivity contribution in [3.63, 3.8) is 0 Å². The molecule has 2 aromatic heterocycles. The highest BCUT2D eigenvalue weighted by Gasteiger charge is 2.14. The Kier molecular flexibility index (Phi) is 1.74. The van der Waals surface area contributed by atoms with E-state index in [2.05, 4.69) is 10.7 Å². The van der Waals surface area contributed by atoms with Crippen LogP contribution in [-0.4, -0.2) is 14.2 Å². The topological polar surface area (TPSA) is 63.8 Å². The number of fused-ring (bicyclic) bond motifs is 1. The number of aryl methyl sites for hydroxylation is 1. The molecule has 0 atom stereocenters. The molecule has 82 valence electrons. The average Bonchev–Trinajstić information content (AvgIpc) is 2.88. The Morgan fingerprint density at radius 1 is 1.44 bits per heavy atom. The summed E-state index contributed by atoms with van der Waals surface area (Å²) < 4.78 is 2.78. The van der Waals surface area contributed by atoms with Crippen LogP contribution in [0.25, 0.3) is 5.65 Å². The molecule has 0 radical (unpaired) electrons. The van der Waals surface area contributed by atoms with E-state index in [1.165, 1.54) is 15.3 Å². The summed E-state index contributed by atoms with van der Waals surface area (Å²) in [4.78, 5) is 16.7. The first-order valence-electron chi connectivity index (χ1n) is 4.69. The van der Waals surface area contributed by atoms with Gasteiger partial charge in [-0.05, 0) is 12.1 Å². The molecule has 0 saturated carbocycles. The third kappa shape index (κ3) is 1.12. The Bertz CT molecular complexity index is 626. The van der Waals surface area contributed by atoms with E-state index in [1.54, 1.807) is 30.4 Å². The van der Waals surface area contributed by atoms with Crippen LogP contribution in [0.1, 0.15) is 0 Å². The third-order valence-corrected chi connectivity index (χ3v) is 2.35. The smallest absolute Gasteiger partial charge is 0.351 e. The van der Waals surface area contributed by atoms with Crippen LogP contribution in [0.3, 0.4) is 0 Å². The van der Waals surface area contributed by atoms with Crippen molar-refractivity contribution >= 4 is 11.5 Å². The first kappa shape index (κ1) is 8.98. The zero-order valence-electron chi connectivity index (χ0n) is 8.49. The van der Waals surface area contributed by atoms with E-state index in [-0.39, 0.29) is 5.69 Å². The SMILES string of the molecule is Cn1nc2cccc(N3C=CON3)n2c1=O. The molecule has 3 rings (SSSR count). The second kappa shape index (κ2) is 3.11. The van der Waals surface area contributed by atoms with E-state index in [0.717, 1.165) is 0 Å². The minimum atomic E-state index is -0.201. The van der Waals surface area contributed by atoms with E-state index in [0.29, 0.717) is 11.5 Å². The molecule has 0 saturated heterocycles. The Hall–Kier alpha value is -2.28. The molecule has 0 spiro atoms. The Morgan fingerprint density at radius 2 is 2.31 bits per heavy atom. The van der Waals surface area contributed by atoms with Gasteiger partial charge < -0.3 is 4.84 Å². The van der Waals surface area contributed by atoms with E-state index >= 15 is 0 Å². The summed E-state index contributed by atoms with van der Waals surface area (Å²) in [6, 6.07) is 5.39. The van der Waals surface area contributed by atoms with Crippen molar-refractivity contribution in [3.8, 4) is 0 Å². The van der Waals surface area contributed by atoms with Crippen molar-refractivity contribution < 1.29 is 4.84 Å². The van der Waals surface area contributed by atoms with Crippen LogP contribution >= 0.6 is 0 Å². The normalized spacial score (nSPS) is 14.7. The van der Waals surface area contributed by atoms with Gasteiger partial charge in [0.25, 0.3) is 0 Å². The number of aromatic nitrogens is 3. The summed E-state index contributed by atoms with van der Waals surface area (Å²) in [6.07, 6.45) is 3.16. The van der Waals surface area contributed by atoms with E-state index < -0.39 is 0 Å². The molecule has 0 fully saturated rings.